The van der Waals surface area contributed by atoms with Crippen molar-refractivity contribution in [2.24, 2.45) is 0 Å². The van der Waals surface area contributed by atoms with Gasteiger partial charge in [-0.1, -0.05) is 36.4 Å². The summed E-state index contributed by atoms with van der Waals surface area (Å²) in [6.45, 7) is 0. The minimum absolute atomic E-state index is 1.10. The molecule has 0 aliphatic rings. The van der Waals surface area contributed by atoms with E-state index >= 15 is 0 Å². The maximum atomic E-state index is 3.06. The van der Waals surface area contributed by atoms with Crippen LogP contribution in [0.25, 0.3) is 21.5 Å². The largest absolute Gasteiger partial charge is 0.0616 e. The second kappa shape index (κ2) is 2.85. The molecule has 0 amide bonds. The van der Waals surface area contributed by atoms with Crippen molar-refractivity contribution in [3.8, 4) is 0 Å². The van der Waals surface area contributed by atoms with E-state index in [4.69, 9.17) is 0 Å². The van der Waals surface area contributed by atoms with Crippen LogP contribution in [0.4, 0.5) is 0 Å². The highest BCUT2D eigenvalue weighted by Gasteiger charge is 1.97. The van der Waals surface area contributed by atoms with E-state index in [1.807, 2.05) is 6.07 Å². The van der Waals surface area contributed by atoms with Gasteiger partial charge in [0.2, 0.25) is 0 Å². The van der Waals surface area contributed by atoms with Crippen molar-refractivity contribution in [1.29, 1.82) is 0 Å². The molecule has 0 saturated carbocycles. The number of hydrogen-bond donors (Lipinski definition) is 0. The van der Waals surface area contributed by atoms with Crippen LogP contribution in [0.2, 0.25) is 0 Å². The molecule has 0 aliphatic heterocycles. The molecule has 0 aromatic heterocycles. The standard InChI is InChI=1S/C14H7/c1-3-7-13-11(5-1)9-10-12-6-2-4-8-14(12)13/h1,3,5,7-10H. The predicted molar refractivity (Wildman–Crippen MR) is 58.0 cm³/mol. The lowest BCUT2D eigenvalue weighted by Gasteiger charge is -2.01. The normalized spacial score (nSPS) is 10.9. The second-order valence-electron chi connectivity index (χ2n) is 3.29. The lowest BCUT2D eigenvalue weighted by Crippen LogP contribution is -1.76. The van der Waals surface area contributed by atoms with E-state index in [1.165, 1.54) is 16.2 Å². The van der Waals surface area contributed by atoms with Gasteiger partial charge >= 0.3 is 0 Å². The molecule has 0 aliphatic carbocycles. The van der Waals surface area contributed by atoms with Crippen LogP contribution in [0.1, 0.15) is 0 Å². The lowest BCUT2D eigenvalue weighted by molar-refractivity contribution is 1.73. The third-order valence-corrected chi connectivity index (χ3v) is 2.46. The average molecular weight is 175 g/mol. The third kappa shape index (κ3) is 1.01. The molecule has 3 radical (unpaired) electrons. The van der Waals surface area contributed by atoms with Gasteiger partial charge < -0.3 is 0 Å². The molecule has 0 N–H and O–H groups in total. The van der Waals surface area contributed by atoms with E-state index in [9.17, 15) is 0 Å². The van der Waals surface area contributed by atoms with Gasteiger partial charge in [0.25, 0.3) is 0 Å². The second-order valence-corrected chi connectivity index (χ2v) is 3.29. The van der Waals surface area contributed by atoms with Gasteiger partial charge in [0, 0.05) is 0 Å². The van der Waals surface area contributed by atoms with E-state index in [-0.39, 0.29) is 0 Å². The van der Waals surface area contributed by atoms with Gasteiger partial charge in [0.15, 0.2) is 0 Å². The zero-order chi connectivity index (χ0) is 9.38. The Hall–Kier alpha value is -1.82. The minimum Gasteiger partial charge on any atom is -0.0616 e. The van der Waals surface area contributed by atoms with Crippen molar-refractivity contribution in [2.75, 3.05) is 0 Å². The predicted octanol–water partition coefficient (Wildman–Crippen LogP) is 3.39. The van der Waals surface area contributed by atoms with E-state index in [0.717, 1.165) is 5.39 Å². The zero-order valence-electron chi connectivity index (χ0n) is 7.54. The molecule has 0 heteroatoms. The molecule has 0 spiro atoms. The Morgan fingerprint density at radius 3 is 2.79 bits per heavy atom. The molecular formula is C14H7. The highest BCUT2D eigenvalue weighted by Crippen LogP contribution is 2.23. The first-order chi connectivity index (χ1) is 6.95. The van der Waals surface area contributed by atoms with Gasteiger partial charge in [0.1, 0.15) is 0 Å². The summed E-state index contributed by atoms with van der Waals surface area (Å²) in [5.74, 6) is 0. The summed E-state index contributed by atoms with van der Waals surface area (Å²) in [5.41, 5.74) is 0. The molecule has 0 saturated heterocycles. The van der Waals surface area contributed by atoms with Crippen molar-refractivity contribution < 1.29 is 0 Å². The molecule has 0 nitrogen and oxygen atoms in total. The Morgan fingerprint density at radius 2 is 1.79 bits per heavy atom. The number of rotatable bonds is 0. The van der Waals surface area contributed by atoms with E-state index in [1.54, 1.807) is 0 Å². The average Bonchev–Trinajstić information content (AvgIpc) is 2.29. The van der Waals surface area contributed by atoms with E-state index in [0.29, 0.717) is 0 Å². The Balaban J connectivity index is 2.61. The highest BCUT2D eigenvalue weighted by molar-refractivity contribution is 6.06. The molecular weight excluding hydrogens is 168 g/mol. The molecule has 0 atom stereocenters. The SMILES string of the molecule is [c]1[c]cc2c([c]1)ccc1ccccc12. The Bertz CT molecular complexity index is 539. The molecule has 0 fully saturated rings. The molecule has 3 aromatic carbocycles. The van der Waals surface area contributed by atoms with Crippen molar-refractivity contribution >= 4 is 21.5 Å². The Morgan fingerprint density at radius 1 is 0.857 bits per heavy atom. The summed E-state index contributed by atoms with van der Waals surface area (Å²) < 4.78 is 0. The fourth-order valence-electron chi connectivity index (χ4n) is 1.77. The fraction of sp³-hybridized carbons (Fsp3) is 0. The van der Waals surface area contributed by atoms with Crippen LogP contribution < -0.4 is 0 Å². The van der Waals surface area contributed by atoms with Crippen LogP contribution in [0.15, 0.2) is 42.5 Å². The van der Waals surface area contributed by atoms with Gasteiger partial charge in [-0.2, -0.15) is 0 Å². The number of benzene rings is 3. The summed E-state index contributed by atoms with van der Waals surface area (Å²) >= 11 is 0. The number of hydrogen-bond acceptors (Lipinski definition) is 0. The van der Waals surface area contributed by atoms with Crippen LogP contribution in [0.3, 0.4) is 0 Å². The summed E-state index contributed by atoms with van der Waals surface area (Å²) in [7, 11) is 0. The molecule has 63 valence electrons. The van der Waals surface area contributed by atoms with E-state index in [2.05, 4.69) is 54.6 Å². The molecule has 0 unspecified atom stereocenters. The summed E-state index contributed by atoms with van der Waals surface area (Å²) in [5, 5.41) is 4.81. The molecule has 14 heavy (non-hydrogen) atoms. The molecule has 3 aromatic rings. The third-order valence-electron chi connectivity index (χ3n) is 2.46. The van der Waals surface area contributed by atoms with Gasteiger partial charge in [-0.15, -0.1) is 0 Å². The van der Waals surface area contributed by atoms with Crippen molar-refractivity contribution in [3.05, 3.63) is 60.7 Å². The van der Waals surface area contributed by atoms with Crippen molar-refractivity contribution in [1.82, 2.24) is 0 Å². The lowest BCUT2D eigenvalue weighted by atomic mass is 10.0. The van der Waals surface area contributed by atoms with Gasteiger partial charge in [-0.25, -0.2) is 0 Å². The monoisotopic (exact) mass is 175 g/mol. The van der Waals surface area contributed by atoms with Crippen LogP contribution >= 0.6 is 0 Å². The summed E-state index contributed by atoms with van der Waals surface area (Å²) in [6, 6.07) is 23.4. The van der Waals surface area contributed by atoms with Gasteiger partial charge in [-0.05, 0) is 45.8 Å². The molecule has 3 rings (SSSR count). The maximum Gasteiger partial charge on any atom is -0.000695 e. The number of fused-ring (bicyclic) bond motifs is 3. The van der Waals surface area contributed by atoms with Crippen LogP contribution in [-0.2, 0) is 0 Å². The maximum absolute atomic E-state index is 3.06. The van der Waals surface area contributed by atoms with E-state index < -0.39 is 0 Å². The Kier molecular flexibility index (Phi) is 1.54. The fourth-order valence-corrected chi connectivity index (χ4v) is 1.77. The summed E-state index contributed by atoms with van der Waals surface area (Å²) in [6.07, 6.45) is 0. The first kappa shape index (κ1) is 7.57. The zero-order valence-corrected chi connectivity index (χ0v) is 7.54. The molecule has 0 bridgehead atoms. The quantitative estimate of drug-likeness (QED) is 0.459. The van der Waals surface area contributed by atoms with Gasteiger partial charge in [0.05, 0.1) is 0 Å². The van der Waals surface area contributed by atoms with Crippen LogP contribution in [0.5, 0.6) is 0 Å². The molecule has 0 heterocycles. The topological polar surface area (TPSA) is 0 Å². The minimum atomic E-state index is 1.10. The first-order valence-electron chi connectivity index (χ1n) is 4.57. The summed E-state index contributed by atoms with van der Waals surface area (Å²) in [4.78, 5) is 0. The van der Waals surface area contributed by atoms with Crippen molar-refractivity contribution in [3.63, 3.8) is 0 Å². The smallest absolute Gasteiger partial charge is 0.000695 e. The van der Waals surface area contributed by atoms with Crippen molar-refractivity contribution in [2.45, 2.75) is 0 Å². The Labute approximate surface area is 82.8 Å². The van der Waals surface area contributed by atoms with Crippen LogP contribution in [0, 0.1) is 18.2 Å². The first-order valence-corrected chi connectivity index (χ1v) is 4.57. The van der Waals surface area contributed by atoms with Gasteiger partial charge in [-0.3, -0.25) is 0 Å². The highest BCUT2D eigenvalue weighted by atomic mass is 14.0. The van der Waals surface area contributed by atoms with Crippen LogP contribution in [-0.4, -0.2) is 0 Å².